The average Bonchev–Trinajstić information content (AvgIpc) is 2.59. The Morgan fingerprint density at radius 2 is 1.96 bits per heavy atom. The number of sulfonamides is 1. The van der Waals surface area contributed by atoms with Gasteiger partial charge in [-0.15, -0.1) is 6.58 Å². The van der Waals surface area contributed by atoms with E-state index < -0.39 is 10.0 Å². The average molecular weight is 351 g/mol. The number of anilines is 1. The molecule has 1 aromatic carbocycles. The van der Waals surface area contributed by atoms with Crippen LogP contribution < -0.4 is 10.2 Å². The van der Waals surface area contributed by atoms with Gasteiger partial charge in [-0.25, -0.2) is 12.7 Å². The zero-order valence-corrected chi connectivity index (χ0v) is 15.1. The van der Waals surface area contributed by atoms with Crippen LogP contribution in [0.4, 0.5) is 5.69 Å². The Kier molecular flexibility index (Phi) is 6.01. The van der Waals surface area contributed by atoms with Gasteiger partial charge in [0.25, 0.3) is 5.91 Å². The molecule has 0 atom stereocenters. The number of carbonyl (C=O) groups excluding carboxylic acids is 1. The molecule has 1 aromatic rings. The van der Waals surface area contributed by atoms with Gasteiger partial charge in [0.1, 0.15) is 0 Å². The molecule has 1 saturated heterocycles. The first-order chi connectivity index (χ1) is 11.4. The fraction of sp³-hybridized carbons (Fsp3) is 0.471. The van der Waals surface area contributed by atoms with Crippen LogP contribution in [0.3, 0.4) is 0 Å². The van der Waals surface area contributed by atoms with Gasteiger partial charge in [-0.2, -0.15) is 0 Å². The van der Waals surface area contributed by atoms with E-state index in [2.05, 4.69) is 16.8 Å². The number of piperidine rings is 1. The Hall–Kier alpha value is -1.86. The summed E-state index contributed by atoms with van der Waals surface area (Å²) in [6.07, 6.45) is 4.93. The quantitative estimate of drug-likeness (QED) is 0.794. The molecule has 1 N–H and O–H groups in total. The van der Waals surface area contributed by atoms with Crippen LogP contribution >= 0.6 is 0 Å². The molecule has 0 unspecified atom stereocenters. The van der Waals surface area contributed by atoms with Gasteiger partial charge in [-0.05, 0) is 37.5 Å². The molecule has 1 amide bonds. The third-order valence-corrected chi connectivity index (χ3v) is 5.91. The van der Waals surface area contributed by atoms with Crippen molar-refractivity contribution in [2.75, 3.05) is 38.6 Å². The lowest BCUT2D eigenvalue weighted by molar-refractivity contribution is 0.0958. The number of rotatable bonds is 6. The highest BCUT2D eigenvalue weighted by Crippen LogP contribution is 2.27. The first-order valence-electron chi connectivity index (χ1n) is 8.08. The Labute approximate surface area is 144 Å². The van der Waals surface area contributed by atoms with Crippen LogP contribution in [0.5, 0.6) is 0 Å². The summed E-state index contributed by atoms with van der Waals surface area (Å²) in [6.45, 7) is 5.68. The van der Waals surface area contributed by atoms with Gasteiger partial charge in [0, 0.05) is 39.4 Å². The van der Waals surface area contributed by atoms with Gasteiger partial charge in [0.2, 0.25) is 10.0 Å². The normalized spacial score (nSPS) is 15.4. The second-order valence-electron chi connectivity index (χ2n) is 6.01. The van der Waals surface area contributed by atoms with Crippen molar-refractivity contribution >= 4 is 21.6 Å². The van der Waals surface area contributed by atoms with Crippen LogP contribution in [0.1, 0.15) is 29.6 Å². The summed E-state index contributed by atoms with van der Waals surface area (Å²) in [5, 5.41) is 2.74. The Morgan fingerprint density at radius 1 is 1.29 bits per heavy atom. The van der Waals surface area contributed by atoms with E-state index in [0.717, 1.165) is 35.9 Å². The number of nitrogens with one attached hydrogen (secondary N) is 1. The first kappa shape index (κ1) is 18.5. The molecule has 1 aliphatic heterocycles. The molecule has 24 heavy (non-hydrogen) atoms. The molecule has 6 nitrogen and oxygen atoms in total. The zero-order valence-electron chi connectivity index (χ0n) is 14.3. The highest BCUT2D eigenvalue weighted by atomic mass is 32.2. The number of hydrogen-bond donors (Lipinski definition) is 1. The standard InChI is InChI=1S/C17H25N3O3S/c1-4-10-18-17(21)15-13-14(24(22,23)19(2)3)8-9-16(15)20-11-6-5-7-12-20/h4,8-9,13H,1,5-7,10-12H2,2-3H3,(H,18,21). The van der Waals surface area contributed by atoms with Crippen LogP contribution in [0, 0.1) is 0 Å². The van der Waals surface area contributed by atoms with Crippen molar-refractivity contribution in [2.24, 2.45) is 0 Å². The van der Waals surface area contributed by atoms with Gasteiger partial charge < -0.3 is 10.2 Å². The van der Waals surface area contributed by atoms with Crippen LogP contribution in [-0.4, -0.2) is 52.4 Å². The minimum atomic E-state index is -3.59. The number of benzene rings is 1. The third kappa shape index (κ3) is 3.96. The summed E-state index contributed by atoms with van der Waals surface area (Å²) in [7, 11) is -0.631. The Morgan fingerprint density at radius 3 is 2.54 bits per heavy atom. The van der Waals surface area contributed by atoms with Gasteiger partial charge in [0.15, 0.2) is 0 Å². The Bertz CT molecular complexity index is 708. The lowest BCUT2D eigenvalue weighted by atomic mass is 10.1. The van der Waals surface area contributed by atoms with Crippen molar-refractivity contribution in [1.29, 1.82) is 0 Å². The number of nitrogens with zero attached hydrogens (tertiary/aromatic N) is 2. The minimum Gasteiger partial charge on any atom is -0.371 e. The highest BCUT2D eigenvalue weighted by molar-refractivity contribution is 7.89. The van der Waals surface area contributed by atoms with E-state index in [0.29, 0.717) is 12.1 Å². The molecule has 132 valence electrons. The summed E-state index contributed by atoms with van der Waals surface area (Å²) < 4.78 is 25.9. The highest BCUT2D eigenvalue weighted by Gasteiger charge is 2.23. The molecule has 0 bridgehead atoms. The SMILES string of the molecule is C=CCNC(=O)c1cc(S(=O)(=O)N(C)C)ccc1N1CCCCC1. The molecule has 1 heterocycles. The van der Waals surface area contributed by atoms with Crippen molar-refractivity contribution < 1.29 is 13.2 Å². The summed E-state index contributed by atoms with van der Waals surface area (Å²) >= 11 is 0. The first-order valence-corrected chi connectivity index (χ1v) is 9.52. The monoisotopic (exact) mass is 351 g/mol. The molecule has 1 aliphatic rings. The second-order valence-corrected chi connectivity index (χ2v) is 8.16. The van der Waals surface area contributed by atoms with Crippen molar-refractivity contribution in [3.8, 4) is 0 Å². The van der Waals surface area contributed by atoms with E-state index in [1.54, 1.807) is 18.2 Å². The van der Waals surface area contributed by atoms with E-state index in [1.165, 1.54) is 26.6 Å². The predicted molar refractivity (Wildman–Crippen MR) is 95.9 cm³/mol. The van der Waals surface area contributed by atoms with Gasteiger partial charge in [-0.3, -0.25) is 4.79 Å². The maximum absolute atomic E-state index is 12.5. The molecule has 0 spiro atoms. The molecule has 0 saturated carbocycles. The molecule has 0 aliphatic carbocycles. The lowest BCUT2D eigenvalue weighted by Gasteiger charge is -2.30. The predicted octanol–water partition coefficient (Wildman–Crippen LogP) is 1.84. The van der Waals surface area contributed by atoms with E-state index in [1.807, 2.05) is 0 Å². The minimum absolute atomic E-state index is 0.122. The van der Waals surface area contributed by atoms with Crippen LogP contribution in [0.15, 0.2) is 35.7 Å². The maximum Gasteiger partial charge on any atom is 0.253 e. The number of carbonyl (C=O) groups is 1. The van der Waals surface area contributed by atoms with Crippen molar-refractivity contribution in [2.45, 2.75) is 24.2 Å². The summed E-state index contributed by atoms with van der Waals surface area (Å²) in [4.78, 5) is 14.8. The van der Waals surface area contributed by atoms with E-state index in [9.17, 15) is 13.2 Å². The van der Waals surface area contributed by atoms with Crippen molar-refractivity contribution in [3.05, 3.63) is 36.4 Å². The smallest absolute Gasteiger partial charge is 0.253 e. The fourth-order valence-corrected chi connectivity index (χ4v) is 3.67. The lowest BCUT2D eigenvalue weighted by Crippen LogP contribution is -2.33. The summed E-state index contributed by atoms with van der Waals surface area (Å²) in [5.41, 5.74) is 1.18. The largest absolute Gasteiger partial charge is 0.371 e. The molecule has 1 fully saturated rings. The third-order valence-electron chi connectivity index (χ3n) is 4.09. The molecule has 0 aromatic heterocycles. The molecule has 7 heteroatoms. The van der Waals surface area contributed by atoms with E-state index in [4.69, 9.17) is 0 Å². The van der Waals surface area contributed by atoms with Gasteiger partial charge in [0.05, 0.1) is 10.5 Å². The zero-order chi connectivity index (χ0) is 17.7. The van der Waals surface area contributed by atoms with Crippen molar-refractivity contribution in [1.82, 2.24) is 9.62 Å². The Balaban J connectivity index is 2.46. The summed E-state index contributed by atoms with van der Waals surface area (Å²) in [5.74, 6) is -0.286. The number of amides is 1. The molecular formula is C17H25N3O3S. The van der Waals surface area contributed by atoms with Crippen molar-refractivity contribution in [3.63, 3.8) is 0 Å². The summed E-state index contributed by atoms with van der Waals surface area (Å²) in [6, 6.07) is 4.78. The molecular weight excluding hydrogens is 326 g/mol. The topological polar surface area (TPSA) is 69.7 Å². The fourth-order valence-electron chi connectivity index (χ4n) is 2.74. The molecule has 2 rings (SSSR count). The van der Waals surface area contributed by atoms with Gasteiger partial charge in [-0.1, -0.05) is 6.08 Å². The van der Waals surface area contributed by atoms with Gasteiger partial charge >= 0.3 is 0 Å². The van der Waals surface area contributed by atoms with E-state index in [-0.39, 0.29) is 10.8 Å². The maximum atomic E-state index is 12.5. The van der Waals surface area contributed by atoms with Crippen LogP contribution in [-0.2, 0) is 10.0 Å². The van der Waals surface area contributed by atoms with E-state index >= 15 is 0 Å². The number of hydrogen-bond acceptors (Lipinski definition) is 4. The van der Waals surface area contributed by atoms with Crippen LogP contribution in [0.2, 0.25) is 0 Å². The second kappa shape index (κ2) is 7.81. The van der Waals surface area contributed by atoms with Crippen LogP contribution in [0.25, 0.3) is 0 Å². The molecule has 0 radical (unpaired) electrons.